The van der Waals surface area contributed by atoms with Gasteiger partial charge in [0.2, 0.25) is 5.91 Å². The molecule has 0 heterocycles. The Kier molecular flexibility index (Phi) is 4.46. The summed E-state index contributed by atoms with van der Waals surface area (Å²) in [5.41, 5.74) is 5.62. The first-order chi connectivity index (χ1) is 8.81. The number of carboxylic acids is 1. The molecular weight excluding hydrogens is 252 g/mol. The monoisotopic (exact) mass is 266 g/mol. The van der Waals surface area contributed by atoms with Gasteiger partial charge in [0, 0.05) is 0 Å². The number of primary amides is 1. The van der Waals surface area contributed by atoms with Crippen molar-refractivity contribution in [2.75, 3.05) is 13.1 Å². The van der Waals surface area contributed by atoms with Crippen LogP contribution in [0.3, 0.4) is 0 Å². The Balaban J connectivity index is 3.07. The quantitative estimate of drug-likeness (QED) is 0.676. The van der Waals surface area contributed by atoms with Crippen molar-refractivity contribution in [2.45, 2.75) is 6.92 Å². The topological polar surface area (TPSA) is 121 Å². The van der Waals surface area contributed by atoms with E-state index in [1.807, 2.05) is 0 Å². The van der Waals surface area contributed by atoms with Gasteiger partial charge in [-0.3, -0.25) is 14.4 Å². The van der Waals surface area contributed by atoms with E-state index < -0.39 is 30.9 Å². The Hall–Kier alpha value is -2.57. The number of rotatable bonds is 5. The number of aryl methyl sites for hydroxylation is 1. The number of hydrogen-bond acceptors (Lipinski definition) is 4. The standard InChI is InChI=1S/C12H14N2O5/c1-7-2-3-9(15)8(4-7)12(19)14(5-10(13)16)6-11(17)18/h2-4,15H,5-6H2,1H3,(H2,13,16)(H,17,18). The first-order valence-electron chi connectivity index (χ1n) is 5.40. The van der Waals surface area contributed by atoms with E-state index in [1.165, 1.54) is 12.1 Å². The van der Waals surface area contributed by atoms with Gasteiger partial charge in [-0.25, -0.2) is 0 Å². The Morgan fingerprint density at radius 1 is 1.26 bits per heavy atom. The van der Waals surface area contributed by atoms with Crippen LogP contribution in [0.2, 0.25) is 0 Å². The second-order valence-corrected chi connectivity index (χ2v) is 4.04. The molecule has 19 heavy (non-hydrogen) atoms. The molecule has 7 heteroatoms. The van der Waals surface area contributed by atoms with Crippen molar-refractivity contribution in [1.29, 1.82) is 0 Å². The SMILES string of the molecule is Cc1ccc(O)c(C(=O)N(CC(N)=O)CC(=O)O)c1. The summed E-state index contributed by atoms with van der Waals surface area (Å²) in [6.07, 6.45) is 0. The van der Waals surface area contributed by atoms with Gasteiger partial charge in [0.05, 0.1) is 5.56 Å². The maximum Gasteiger partial charge on any atom is 0.323 e. The average Bonchev–Trinajstić information content (AvgIpc) is 2.29. The van der Waals surface area contributed by atoms with Gasteiger partial charge in [-0.2, -0.15) is 0 Å². The lowest BCUT2D eigenvalue weighted by Gasteiger charge is -2.19. The molecule has 0 aliphatic carbocycles. The number of nitrogens with two attached hydrogens (primary N) is 1. The summed E-state index contributed by atoms with van der Waals surface area (Å²) < 4.78 is 0. The van der Waals surface area contributed by atoms with Gasteiger partial charge < -0.3 is 20.8 Å². The fraction of sp³-hybridized carbons (Fsp3) is 0.250. The summed E-state index contributed by atoms with van der Waals surface area (Å²) in [7, 11) is 0. The third-order valence-electron chi connectivity index (χ3n) is 2.34. The van der Waals surface area contributed by atoms with E-state index in [0.717, 1.165) is 10.5 Å². The highest BCUT2D eigenvalue weighted by atomic mass is 16.4. The van der Waals surface area contributed by atoms with Crippen LogP contribution in [0.15, 0.2) is 18.2 Å². The number of benzene rings is 1. The summed E-state index contributed by atoms with van der Waals surface area (Å²) >= 11 is 0. The molecule has 0 fully saturated rings. The largest absolute Gasteiger partial charge is 0.507 e. The normalized spacial score (nSPS) is 9.95. The highest BCUT2D eigenvalue weighted by molar-refractivity contribution is 6.00. The molecule has 0 aliphatic heterocycles. The molecule has 0 unspecified atom stereocenters. The molecule has 102 valence electrons. The number of phenolic OH excluding ortho intramolecular Hbond substituents is 1. The Morgan fingerprint density at radius 2 is 1.89 bits per heavy atom. The maximum atomic E-state index is 12.1. The predicted molar refractivity (Wildman–Crippen MR) is 65.6 cm³/mol. The van der Waals surface area contributed by atoms with Gasteiger partial charge >= 0.3 is 5.97 Å². The second-order valence-electron chi connectivity index (χ2n) is 4.04. The van der Waals surface area contributed by atoms with E-state index >= 15 is 0 Å². The Labute approximate surface area is 109 Å². The number of amides is 2. The molecule has 2 amide bonds. The Morgan fingerprint density at radius 3 is 2.42 bits per heavy atom. The highest BCUT2D eigenvalue weighted by Crippen LogP contribution is 2.20. The maximum absolute atomic E-state index is 12.1. The molecule has 4 N–H and O–H groups in total. The van der Waals surface area contributed by atoms with E-state index in [9.17, 15) is 19.5 Å². The summed E-state index contributed by atoms with van der Waals surface area (Å²) in [4.78, 5) is 34.4. The second kappa shape index (κ2) is 5.85. The molecule has 7 nitrogen and oxygen atoms in total. The predicted octanol–water partition coefficient (Wildman–Crippen LogP) is -0.287. The van der Waals surface area contributed by atoms with Crippen LogP contribution in [-0.2, 0) is 9.59 Å². The molecule has 0 bridgehead atoms. The van der Waals surface area contributed by atoms with E-state index in [2.05, 4.69) is 0 Å². The van der Waals surface area contributed by atoms with E-state index in [-0.39, 0.29) is 11.3 Å². The zero-order chi connectivity index (χ0) is 14.6. The third-order valence-corrected chi connectivity index (χ3v) is 2.34. The first-order valence-corrected chi connectivity index (χ1v) is 5.40. The number of carboxylic acid groups (broad SMARTS) is 1. The lowest BCUT2D eigenvalue weighted by molar-refractivity contribution is -0.138. The summed E-state index contributed by atoms with van der Waals surface area (Å²) in [5, 5.41) is 18.3. The molecule has 0 aliphatic rings. The minimum atomic E-state index is -1.28. The number of phenols is 1. The summed E-state index contributed by atoms with van der Waals surface area (Å²) in [6.45, 7) is 0.513. The average molecular weight is 266 g/mol. The van der Waals surface area contributed by atoms with Crippen molar-refractivity contribution in [3.05, 3.63) is 29.3 Å². The minimum Gasteiger partial charge on any atom is -0.507 e. The van der Waals surface area contributed by atoms with E-state index in [4.69, 9.17) is 10.8 Å². The van der Waals surface area contributed by atoms with Gasteiger partial charge in [-0.15, -0.1) is 0 Å². The van der Waals surface area contributed by atoms with Gasteiger partial charge in [-0.05, 0) is 19.1 Å². The first kappa shape index (κ1) is 14.5. The van der Waals surface area contributed by atoms with Crippen LogP contribution in [0.4, 0.5) is 0 Å². The van der Waals surface area contributed by atoms with Gasteiger partial charge in [-0.1, -0.05) is 11.6 Å². The van der Waals surface area contributed by atoms with E-state index in [0.29, 0.717) is 0 Å². The van der Waals surface area contributed by atoms with E-state index in [1.54, 1.807) is 13.0 Å². The smallest absolute Gasteiger partial charge is 0.323 e. The van der Waals surface area contributed by atoms with Crippen LogP contribution >= 0.6 is 0 Å². The molecule has 1 aromatic rings. The van der Waals surface area contributed by atoms with Crippen molar-refractivity contribution < 1.29 is 24.6 Å². The highest BCUT2D eigenvalue weighted by Gasteiger charge is 2.22. The number of carbonyl (C=O) groups is 3. The lowest BCUT2D eigenvalue weighted by atomic mass is 10.1. The molecule has 0 aromatic heterocycles. The van der Waals surface area contributed by atoms with Crippen LogP contribution in [0.25, 0.3) is 0 Å². The van der Waals surface area contributed by atoms with Crippen LogP contribution in [0.5, 0.6) is 5.75 Å². The number of carbonyl (C=O) groups excluding carboxylic acids is 2. The molecular formula is C12H14N2O5. The zero-order valence-corrected chi connectivity index (χ0v) is 10.3. The van der Waals surface area contributed by atoms with Crippen molar-refractivity contribution in [3.8, 4) is 5.75 Å². The fourth-order valence-corrected chi connectivity index (χ4v) is 1.54. The number of nitrogens with zero attached hydrogens (tertiary/aromatic N) is 1. The van der Waals surface area contributed by atoms with Gasteiger partial charge in [0.15, 0.2) is 0 Å². The fourth-order valence-electron chi connectivity index (χ4n) is 1.54. The van der Waals surface area contributed by atoms with Gasteiger partial charge in [0.1, 0.15) is 18.8 Å². The van der Waals surface area contributed by atoms with Crippen molar-refractivity contribution in [2.24, 2.45) is 5.73 Å². The Bertz CT molecular complexity index is 511. The zero-order valence-electron chi connectivity index (χ0n) is 10.3. The molecule has 1 rings (SSSR count). The number of aromatic hydroxyl groups is 1. The van der Waals surface area contributed by atoms with Crippen molar-refractivity contribution in [1.82, 2.24) is 4.90 Å². The van der Waals surface area contributed by atoms with Crippen molar-refractivity contribution >= 4 is 17.8 Å². The molecule has 0 atom stereocenters. The molecule has 0 saturated carbocycles. The molecule has 0 spiro atoms. The van der Waals surface area contributed by atoms with Crippen LogP contribution in [-0.4, -0.2) is 46.0 Å². The van der Waals surface area contributed by atoms with Crippen LogP contribution in [0, 0.1) is 6.92 Å². The summed E-state index contributed by atoms with van der Waals surface area (Å²) in [5.74, 6) is -3.15. The van der Waals surface area contributed by atoms with Gasteiger partial charge in [0.25, 0.3) is 5.91 Å². The molecule has 0 radical (unpaired) electrons. The third kappa shape index (κ3) is 3.98. The van der Waals surface area contributed by atoms with Crippen LogP contribution < -0.4 is 5.73 Å². The van der Waals surface area contributed by atoms with Crippen LogP contribution in [0.1, 0.15) is 15.9 Å². The molecule has 0 saturated heterocycles. The number of aliphatic carboxylic acids is 1. The number of hydrogen-bond donors (Lipinski definition) is 3. The molecule has 1 aromatic carbocycles. The lowest BCUT2D eigenvalue weighted by Crippen LogP contribution is -2.41. The summed E-state index contributed by atoms with van der Waals surface area (Å²) in [6, 6.07) is 4.33. The van der Waals surface area contributed by atoms with Crippen molar-refractivity contribution in [3.63, 3.8) is 0 Å². The minimum absolute atomic E-state index is 0.0671.